The lowest BCUT2D eigenvalue weighted by Gasteiger charge is -2.38. The summed E-state index contributed by atoms with van der Waals surface area (Å²) in [6, 6.07) is 2.01. The van der Waals surface area contributed by atoms with E-state index in [2.05, 4.69) is 10.3 Å². The predicted molar refractivity (Wildman–Crippen MR) is 113 cm³/mol. The molecule has 32 heavy (non-hydrogen) atoms. The second-order valence-electron chi connectivity index (χ2n) is 9.41. The van der Waals surface area contributed by atoms with Gasteiger partial charge >= 0.3 is 12.3 Å². The SMILES string of the molecule is CC(C)(C)OC(=O)NC1CCC(C(=O)N2CCN(c3cc(C(F)(F)F)ccn3)CC2)CC1. The number of halogens is 3. The van der Waals surface area contributed by atoms with Gasteiger partial charge < -0.3 is 19.9 Å². The fourth-order valence-electron chi connectivity index (χ4n) is 4.14. The minimum atomic E-state index is -4.41. The lowest BCUT2D eigenvalue weighted by atomic mass is 9.85. The lowest BCUT2D eigenvalue weighted by molar-refractivity contribution is -0.138. The Bertz CT molecular complexity index is 809. The third-order valence-corrected chi connectivity index (χ3v) is 5.79. The second kappa shape index (κ2) is 9.54. The number of carbonyl (C=O) groups is 2. The summed E-state index contributed by atoms with van der Waals surface area (Å²) in [5.41, 5.74) is -1.28. The number of carbonyl (C=O) groups excluding carboxylic acids is 2. The number of rotatable bonds is 3. The van der Waals surface area contributed by atoms with Gasteiger partial charge in [-0.1, -0.05) is 0 Å². The first-order chi connectivity index (χ1) is 14.9. The molecule has 2 amide bonds. The highest BCUT2D eigenvalue weighted by Gasteiger charge is 2.34. The van der Waals surface area contributed by atoms with Crippen molar-refractivity contribution in [2.75, 3.05) is 31.1 Å². The van der Waals surface area contributed by atoms with E-state index in [4.69, 9.17) is 4.74 Å². The van der Waals surface area contributed by atoms with Gasteiger partial charge in [-0.3, -0.25) is 4.79 Å². The first-order valence-corrected chi connectivity index (χ1v) is 11.0. The Labute approximate surface area is 186 Å². The minimum absolute atomic E-state index is 0.00210. The van der Waals surface area contributed by atoms with Crippen LogP contribution >= 0.6 is 0 Å². The van der Waals surface area contributed by atoms with Gasteiger partial charge in [0.05, 0.1) is 5.56 Å². The Hall–Kier alpha value is -2.52. The number of alkyl halides is 3. The number of nitrogens with one attached hydrogen (secondary N) is 1. The Morgan fingerprint density at radius 2 is 1.69 bits per heavy atom. The molecule has 0 aromatic carbocycles. The fraction of sp³-hybridized carbons (Fsp3) is 0.682. The van der Waals surface area contributed by atoms with Gasteiger partial charge in [0.15, 0.2) is 0 Å². The summed E-state index contributed by atoms with van der Waals surface area (Å²) in [6.07, 6.45) is -0.880. The maximum atomic E-state index is 12.9. The zero-order valence-corrected chi connectivity index (χ0v) is 18.7. The number of piperazine rings is 1. The van der Waals surface area contributed by atoms with Crippen LogP contribution in [-0.4, -0.2) is 59.7 Å². The molecule has 0 unspecified atom stereocenters. The van der Waals surface area contributed by atoms with E-state index in [0.717, 1.165) is 12.1 Å². The minimum Gasteiger partial charge on any atom is -0.444 e. The number of pyridine rings is 1. The molecule has 1 aliphatic carbocycles. The van der Waals surface area contributed by atoms with E-state index in [1.165, 1.54) is 6.20 Å². The van der Waals surface area contributed by atoms with Crippen LogP contribution in [0.4, 0.5) is 23.8 Å². The number of ether oxygens (including phenoxy) is 1. The van der Waals surface area contributed by atoms with Crippen molar-refractivity contribution in [3.63, 3.8) is 0 Å². The van der Waals surface area contributed by atoms with Crippen molar-refractivity contribution in [1.82, 2.24) is 15.2 Å². The molecule has 0 spiro atoms. The number of nitrogens with zero attached hydrogens (tertiary/aromatic N) is 3. The summed E-state index contributed by atoms with van der Waals surface area (Å²) < 4.78 is 44.1. The van der Waals surface area contributed by atoms with Gasteiger partial charge in [0, 0.05) is 44.3 Å². The van der Waals surface area contributed by atoms with Crippen LogP contribution in [0.25, 0.3) is 0 Å². The Morgan fingerprint density at radius 3 is 2.25 bits per heavy atom. The molecule has 3 rings (SSSR count). The average Bonchev–Trinajstić information content (AvgIpc) is 2.72. The highest BCUT2D eigenvalue weighted by Crippen LogP contribution is 2.31. The maximum absolute atomic E-state index is 12.9. The van der Waals surface area contributed by atoms with Crippen LogP contribution in [0.3, 0.4) is 0 Å². The van der Waals surface area contributed by atoms with E-state index in [0.29, 0.717) is 51.9 Å². The van der Waals surface area contributed by atoms with Gasteiger partial charge in [-0.25, -0.2) is 9.78 Å². The molecule has 0 atom stereocenters. The summed E-state index contributed by atoms with van der Waals surface area (Å²) in [4.78, 5) is 32.5. The summed E-state index contributed by atoms with van der Waals surface area (Å²) in [5.74, 6) is 0.267. The lowest BCUT2D eigenvalue weighted by Crippen LogP contribution is -2.51. The largest absolute Gasteiger partial charge is 0.444 e. The summed E-state index contributed by atoms with van der Waals surface area (Å²) in [5, 5.41) is 2.87. The highest BCUT2D eigenvalue weighted by atomic mass is 19.4. The van der Waals surface area contributed by atoms with E-state index in [1.807, 2.05) is 20.8 Å². The van der Waals surface area contributed by atoms with Crippen LogP contribution in [0.15, 0.2) is 18.3 Å². The van der Waals surface area contributed by atoms with Crippen LogP contribution in [0.2, 0.25) is 0 Å². The quantitative estimate of drug-likeness (QED) is 0.748. The number of amides is 2. The maximum Gasteiger partial charge on any atom is 0.416 e. The standard InChI is InChI=1S/C22H31F3N4O3/c1-21(2,3)32-20(31)27-17-6-4-15(5-7-17)19(30)29-12-10-28(11-13-29)18-14-16(8-9-26-18)22(23,24)25/h8-9,14-15,17H,4-7,10-13H2,1-3H3,(H,27,31). The molecule has 10 heteroatoms. The van der Waals surface area contributed by atoms with Crippen LogP contribution in [0.1, 0.15) is 52.0 Å². The number of anilines is 1. The molecule has 1 saturated carbocycles. The second-order valence-corrected chi connectivity index (χ2v) is 9.41. The van der Waals surface area contributed by atoms with E-state index in [-0.39, 0.29) is 23.7 Å². The van der Waals surface area contributed by atoms with Crippen molar-refractivity contribution in [2.45, 2.75) is 64.3 Å². The van der Waals surface area contributed by atoms with Gasteiger partial charge in [0.25, 0.3) is 0 Å². The van der Waals surface area contributed by atoms with Crippen molar-refractivity contribution in [2.24, 2.45) is 5.92 Å². The number of hydrogen-bond acceptors (Lipinski definition) is 5. The smallest absolute Gasteiger partial charge is 0.416 e. The summed E-state index contributed by atoms with van der Waals surface area (Å²) in [6.45, 7) is 7.21. The summed E-state index contributed by atoms with van der Waals surface area (Å²) >= 11 is 0. The molecule has 0 radical (unpaired) electrons. The molecule has 0 bridgehead atoms. The Morgan fingerprint density at radius 1 is 1.06 bits per heavy atom. The van der Waals surface area contributed by atoms with Crippen molar-refractivity contribution in [3.05, 3.63) is 23.9 Å². The molecule has 178 valence electrons. The number of aromatic nitrogens is 1. The zero-order valence-electron chi connectivity index (χ0n) is 18.7. The van der Waals surface area contributed by atoms with Crippen LogP contribution < -0.4 is 10.2 Å². The molecule has 1 aromatic heterocycles. The van der Waals surface area contributed by atoms with Gasteiger partial charge in [-0.15, -0.1) is 0 Å². The van der Waals surface area contributed by atoms with Gasteiger partial charge in [-0.2, -0.15) is 13.2 Å². The van der Waals surface area contributed by atoms with Crippen LogP contribution in [0, 0.1) is 5.92 Å². The number of alkyl carbamates (subject to hydrolysis) is 1. The third kappa shape index (κ3) is 6.49. The number of hydrogen-bond donors (Lipinski definition) is 1. The molecule has 1 saturated heterocycles. The van der Waals surface area contributed by atoms with Crippen LogP contribution in [0.5, 0.6) is 0 Å². The van der Waals surface area contributed by atoms with Crippen LogP contribution in [-0.2, 0) is 15.7 Å². The molecular formula is C22H31F3N4O3. The molecule has 1 N–H and O–H groups in total. The van der Waals surface area contributed by atoms with Gasteiger partial charge in [0.2, 0.25) is 5.91 Å². The third-order valence-electron chi connectivity index (χ3n) is 5.79. The normalized spacial score (nSPS) is 22.4. The molecular weight excluding hydrogens is 425 g/mol. The van der Waals surface area contributed by atoms with E-state index in [1.54, 1.807) is 9.80 Å². The fourth-order valence-corrected chi connectivity index (χ4v) is 4.14. The van der Waals surface area contributed by atoms with E-state index < -0.39 is 23.4 Å². The molecule has 2 heterocycles. The van der Waals surface area contributed by atoms with E-state index in [9.17, 15) is 22.8 Å². The molecule has 1 aromatic rings. The first-order valence-electron chi connectivity index (χ1n) is 11.0. The molecule has 2 aliphatic rings. The molecule has 7 nitrogen and oxygen atoms in total. The van der Waals surface area contributed by atoms with Crippen molar-refractivity contribution in [1.29, 1.82) is 0 Å². The molecule has 1 aliphatic heterocycles. The first kappa shape index (κ1) is 24.1. The topological polar surface area (TPSA) is 74.8 Å². The highest BCUT2D eigenvalue weighted by molar-refractivity contribution is 5.79. The predicted octanol–water partition coefficient (Wildman–Crippen LogP) is 3.83. The van der Waals surface area contributed by atoms with Crippen molar-refractivity contribution >= 4 is 17.8 Å². The molecule has 2 fully saturated rings. The Kier molecular flexibility index (Phi) is 7.19. The monoisotopic (exact) mass is 456 g/mol. The van der Waals surface area contributed by atoms with Crippen molar-refractivity contribution in [3.8, 4) is 0 Å². The van der Waals surface area contributed by atoms with Gasteiger partial charge in [-0.05, 0) is 58.6 Å². The van der Waals surface area contributed by atoms with Crippen molar-refractivity contribution < 1.29 is 27.5 Å². The zero-order chi connectivity index (χ0) is 23.5. The Balaban J connectivity index is 1.46. The van der Waals surface area contributed by atoms with Gasteiger partial charge in [0.1, 0.15) is 11.4 Å². The summed E-state index contributed by atoms with van der Waals surface area (Å²) in [7, 11) is 0. The van der Waals surface area contributed by atoms with E-state index >= 15 is 0 Å². The average molecular weight is 457 g/mol.